The Morgan fingerprint density at radius 3 is 2.86 bits per heavy atom. The highest BCUT2D eigenvalue weighted by Crippen LogP contribution is 2.32. The molecule has 0 radical (unpaired) electrons. The van der Waals surface area contributed by atoms with E-state index in [-0.39, 0.29) is 0 Å². The molecule has 1 aliphatic carbocycles. The van der Waals surface area contributed by atoms with Crippen LogP contribution in [0.15, 0.2) is 23.0 Å². The van der Waals surface area contributed by atoms with Gasteiger partial charge in [-0.05, 0) is 26.8 Å². The van der Waals surface area contributed by atoms with Crippen molar-refractivity contribution >= 4 is 0 Å². The third kappa shape index (κ3) is 3.58. The van der Waals surface area contributed by atoms with Crippen LogP contribution >= 0.6 is 0 Å². The van der Waals surface area contributed by atoms with Crippen molar-refractivity contribution in [3.63, 3.8) is 0 Å². The minimum atomic E-state index is 0.607. The molecule has 1 saturated carbocycles. The van der Waals surface area contributed by atoms with Crippen LogP contribution in [0.4, 0.5) is 0 Å². The van der Waals surface area contributed by atoms with Crippen molar-refractivity contribution in [2.75, 3.05) is 7.05 Å². The second-order valence-electron chi connectivity index (χ2n) is 6.35. The van der Waals surface area contributed by atoms with E-state index in [4.69, 9.17) is 4.52 Å². The summed E-state index contributed by atoms with van der Waals surface area (Å²) < 4.78 is 7.72. The fraction of sp³-hybridized carbons (Fsp3) is 0.647. The molecule has 2 heterocycles. The minimum absolute atomic E-state index is 0.607. The molecule has 0 aliphatic heterocycles. The Bertz CT molecular complexity index is 583. The second-order valence-corrected chi connectivity index (χ2v) is 6.35. The van der Waals surface area contributed by atoms with E-state index in [2.05, 4.69) is 39.6 Å². The smallest absolute Gasteiger partial charge is 0.150 e. The first-order valence-electron chi connectivity index (χ1n) is 8.40. The molecule has 0 aromatic carbocycles. The van der Waals surface area contributed by atoms with Gasteiger partial charge in [0.2, 0.25) is 0 Å². The Balaban J connectivity index is 1.57. The first-order chi connectivity index (χ1) is 10.8. The summed E-state index contributed by atoms with van der Waals surface area (Å²) in [5, 5.41) is 4.30. The van der Waals surface area contributed by atoms with Gasteiger partial charge in [0.05, 0.1) is 18.8 Å². The van der Waals surface area contributed by atoms with Crippen molar-refractivity contribution in [1.82, 2.24) is 19.6 Å². The molecule has 2 aromatic heterocycles. The molecule has 5 heteroatoms. The molecular formula is C17H26N4O. The largest absolute Gasteiger partial charge is 0.360 e. The Morgan fingerprint density at radius 1 is 1.27 bits per heavy atom. The highest BCUT2D eigenvalue weighted by atomic mass is 16.5. The van der Waals surface area contributed by atoms with Gasteiger partial charge in [0.15, 0.2) is 5.76 Å². The lowest BCUT2D eigenvalue weighted by atomic mass is 9.87. The molecule has 0 atom stereocenters. The van der Waals surface area contributed by atoms with Crippen molar-refractivity contribution in [3.05, 3.63) is 35.7 Å². The predicted octanol–water partition coefficient (Wildman–Crippen LogP) is 3.57. The molecule has 0 amide bonds. The van der Waals surface area contributed by atoms with E-state index < -0.39 is 0 Å². The van der Waals surface area contributed by atoms with Crippen molar-refractivity contribution in [2.24, 2.45) is 0 Å². The van der Waals surface area contributed by atoms with Crippen molar-refractivity contribution < 1.29 is 4.52 Å². The lowest BCUT2D eigenvalue weighted by molar-refractivity contribution is 0.257. The summed E-state index contributed by atoms with van der Waals surface area (Å²) >= 11 is 0. The lowest BCUT2D eigenvalue weighted by Crippen LogP contribution is -2.19. The Morgan fingerprint density at radius 2 is 2.09 bits per heavy atom. The van der Waals surface area contributed by atoms with Crippen molar-refractivity contribution in [2.45, 2.75) is 64.6 Å². The first kappa shape index (κ1) is 15.3. The van der Waals surface area contributed by atoms with Crippen molar-refractivity contribution in [1.29, 1.82) is 0 Å². The van der Waals surface area contributed by atoms with Crippen LogP contribution in [0.3, 0.4) is 0 Å². The fourth-order valence-corrected chi connectivity index (χ4v) is 3.34. The maximum Gasteiger partial charge on any atom is 0.150 e. The summed E-state index contributed by atoms with van der Waals surface area (Å²) in [5.41, 5.74) is 1.15. The van der Waals surface area contributed by atoms with Gasteiger partial charge in [0.25, 0.3) is 0 Å². The molecule has 3 rings (SSSR count). The molecule has 0 saturated heterocycles. The summed E-state index contributed by atoms with van der Waals surface area (Å²) in [4.78, 5) is 6.64. The van der Waals surface area contributed by atoms with Crippen molar-refractivity contribution in [3.8, 4) is 0 Å². The second kappa shape index (κ2) is 7.09. The van der Waals surface area contributed by atoms with E-state index in [1.807, 2.05) is 12.4 Å². The number of hydrogen-bond donors (Lipinski definition) is 0. The van der Waals surface area contributed by atoms with Gasteiger partial charge < -0.3 is 9.09 Å². The summed E-state index contributed by atoms with van der Waals surface area (Å²) in [6.45, 7) is 4.69. The van der Waals surface area contributed by atoms with Crippen LogP contribution in [0.1, 0.15) is 62.2 Å². The van der Waals surface area contributed by atoms with Gasteiger partial charge in [-0.2, -0.15) is 0 Å². The Labute approximate surface area is 132 Å². The highest BCUT2D eigenvalue weighted by Gasteiger charge is 2.19. The van der Waals surface area contributed by atoms with Gasteiger partial charge in [-0.15, -0.1) is 0 Å². The third-order valence-corrected chi connectivity index (χ3v) is 4.58. The van der Waals surface area contributed by atoms with E-state index in [0.29, 0.717) is 5.92 Å². The molecule has 22 heavy (non-hydrogen) atoms. The maximum atomic E-state index is 5.55. The number of hydrogen-bond acceptors (Lipinski definition) is 4. The average Bonchev–Trinajstić information content (AvgIpc) is 3.17. The molecule has 0 N–H and O–H groups in total. The normalized spacial score (nSPS) is 16.5. The fourth-order valence-electron chi connectivity index (χ4n) is 3.34. The van der Waals surface area contributed by atoms with Gasteiger partial charge in [-0.1, -0.05) is 24.4 Å². The SMILES string of the molecule is CCn1ccnc1CN(C)Cc1cc(C2CCCCC2)no1. The van der Waals surface area contributed by atoms with Crippen LogP contribution in [0.5, 0.6) is 0 Å². The molecule has 0 spiro atoms. The van der Waals surface area contributed by atoms with E-state index in [9.17, 15) is 0 Å². The lowest BCUT2D eigenvalue weighted by Gasteiger charge is -2.18. The van der Waals surface area contributed by atoms with Gasteiger partial charge >= 0.3 is 0 Å². The third-order valence-electron chi connectivity index (χ3n) is 4.58. The first-order valence-corrected chi connectivity index (χ1v) is 8.40. The molecular weight excluding hydrogens is 276 g/mol. The van der Waals surface area contributed by atoms with E-state index >= 15 is 0 Å². The number of rotatable bonds is 6. The summed E-state index contributed by atoms with van der Waals surface area (Å²) in [6, 6.07) is 2.15. The van der Waals surface area contributed by atoms with E-state index in [1.54, 1.807) is 0 Å². The van der Waals surface area contributed by atoms with Crippen LogP contribution in [0.2, 0.25) is 0 Å². The zero-order valence-electron chi connectivity index (χ0n) is 13.7. The zero-order valence-corrected chi connectivity index (χ0v) is 13.7. The van der Waals surface area contributed by atoms with Gasteiger partial charge in [-0.3, -0.25) is 4.90 Å². The van der Waals surface area contributed by atoms with Crippen LogP contribution < -0.4 is 0 Å². The van der Waals surface area contributed by atoms with E-state index in [1.165, 1.54) is 32.1 Å². The van der Waals surface area contributed by atoms with Gasteiger partial charge in [0.1, 0.15) is 5.82 Å². The molecule has 0 unspecified atom stereocenters. The maximum absolute atomic E-state index is 5.55. The standard InChI is InChI=1S/C17H26N4O/c1-3-21-10-9-18-17(21)13-20(2)12-15-11-16(19-22-15)14-7-5-4-6-8-14/h9-11,14H,3-8,12-13H2,1-2H3. The number of imidazole rings is 1. The zero-order chi connectivity index (χ0) is 15.4. The number of aromatic nitrogens is 3. The van der Waals surface area contributed by atoms with Gasteiger partial charge in [0, 0.05) is 30.9 Å². The molecule has 1 fully saturated rings. The van der Waals surface area contributed by atoms with Crippen LogP contribution in [0.25, 0.3) is 0 Å². The molecule has 120 valence electrons. The quantitative estimate of drug-likeness (QED) is 0.818. The van der Waals surface area contributed by atoms with Crippen LogP contribution in [0, 0.1) is 0 Å². The molecule has 0 bridgehead atoms. The Kier molecular flexibility index (Phi) is 4.93. The van der Waals surface area contributed by atoms with Crippen LogP contribution in [-0.2, 0) is 19.6 Å². The molecule has 1 aliphatic rings. The monoisotopic (exact) mass is 302 g/mol. The summed E-state index contributed by atoms with van der Waals surface area (Å²) in [6.07, 6.45) is 10.4. The average molecular weight is 302 g/mol. The number of nitrogens with zero attached hydrogens (tertiary/aromatic N) is 4. The number of aryl methyl sites for hydroxylation is 1. The van der Waals surface area contributed by atoms with Gasteiger partial charge in [-0.25, -0.2) is 4.98 Å². The molecule has 5 nitrogen and oxygen atoms in total. The van der Waals surface area contributed by atoms with Crippen LogP contribution in [-0.4, -0.2) is 26.7 Å². The summed E-state index contributed by atoms with van der Waals surface area (Å²) in [5.74, 6) is 2.66. The highest BCUT2D eigenvalue weighted by molar-refractivity contribution is 5.11. The van der Waals surface area contributed by atoms with E-state index in [0.717, 1.165) is 36.9 Å². The topological polar surface area (TPSA) is 47.1 Å². The molecule has 2 aromatic rings. The Hall–Kier alpha value is -1.62. The summed E-state index contributed by atoms with van der Waals surface area (Å²) in [7, 11) is 2.09. The minimum Gasteiger partial charge on any atom is -0.360 e. The predicted molar refractivity (Wildman–Crippen MR) is 85.4 cm³/mol.